The zero-order valence-electron chi connectivity index (χ0n) is 20.0. The molecule has 0 spiro atoms. The highest BCUT2D eigenvalue weighted by molar-refractivity contribution is 7.60. The van der Waals surface area contributed by atoms with Crippen LogP contribution < -0.4 is 5.32 Å². The molecule has 0 aliphatic heterocycles. The highest BCUT2D eigenvalue weighted by atomic mass is 32.1. The lowest BCUT2D eigenvalue weighted by molar-refractivity contribution is -0.141. The Hall–Kier alpha value is 0.510. The minimum absolute atomic E-state index is 0. The number of carbonyl (C=O) groups is 3. The first-order valence-corrected chi connectivity index (χ1v) is 10.6. The standard InChI is InChI=1S/C21H39NO5.CH4.6H2S/c1-18(21(26)27)14-12-13-17-22-19(23)15-10-8-6-4-2-3-5-7-9-11-16-20(24)25;;;;;;;/h18H,2-17H2,1H3,(H,22,23)(H,24,25)(H,26,27);1H4;6*1H2/t18-;;;;;;;/m0......./s1. The fourth-order valence-corrected chi connectivity index (χ4v) is 2.99. The fraction of sp³-hybridized carbons (Fsp3) is 0.864. The Kier molecular flexibility index (Phi) is 66.0. The molecule has 0 rings (SSSR count). The summed E-state index contributed by atoms with van der Waals surface area (Å²) < 4.78 is 0. The lowest BCUT2D eigenvalue weighted by atomic mass is 10.0. The average molecular weight is 606 g/mol. The molecular weight excluding hydrogens is 551 g/mol. The Morgan fingerprint density at radius 2 is 1.00 bits per heavy atom. The Labute approximate surface area is 250 Å². The topological polar surface area (TPSA) is 104 Å². The summed E-state index contributed by atoms with van der Waals surface area (Å²) in [7, 11) is 0. The van der Waals surface area contributed by atoms with Crippen molar-refractivity contribution >= 4 is 98.8 Å². The predicted octanol–water partition coefficient (Wildman–Crippen LogP) is 6.07. The number of carboxylic acids is 2. The van der Waals surface area contributed by atoms with E-state index in [1.807, 2.05) is 0 Å². The quantitative estimate of drug-likeness (QED) is 0.155. The zero-order valence-corrected chi connectivity index (χ0v) is 26.0. The maximum absolute atomic E-state index is 11.7. The van der Waals surface area contributed by atoms with Crippen molar-refractivity contribution in [1.82, 2.24) is 5.32 Å². The highest BCUT2D eigenvalue weighted by Crippen LogP contribution is 2.12. The number of aliphatic carboxylic acids is 2. The van der Waals surface area contributed by atoms with Crippen molar-refractivity contribution in [2.24, 2.45) is 5.92 Å². The Bertz CT molecular complexity index is 435. The van der Waals surface area contributed by atoms with Crippen molar-refractivity contribution in [2.75, 3.05) is 6.54 Å². The van der Waals surface area contributed by atoms with Gasteiger partial charge in [0.05, 0.1) is 5.92 Å². The molecule has 34 heavy (non-hydrogen) atoms. The van der Waals surface area contributed by atoms with Crippen LogP contribution in [0.2, 0.25) is 0 Å². The van der Waals surface area contributed by atoms with Crippen molar-refractivity contribution in [3.05, 3.63) is 0 Å². The molecule has 0 heterocycles. The first kappa shape index (κ1) is 55.1. The number of hydrogen-bond donors (Lipinski definition) is 3. The van der Waals surface area contributed by atoms with Gasteiger partial charge in [-0.2, -0.15) is 81.0 Å². The van der Waals surface area contributed by atoms with Crippen LogP contribution in [0.25, 0.3) is 0 Å². The number of carbonyl (C=O) groups excluding carboxylic acids is 1. The second-order valence-corrected chi connectivity index (χ2v) is 7.51. The molecule has 0 saturated heterocycles. The molecule has 3 N–H and O–H groups in total. The van der Waals surface area contributed by atoms with Crippen LogP contribution in [0.3, 0.4) is 0 Å². The van der Waals surface area contributed by atoms with Crippen LogP contribution in [-0.2, 0) is 14.4 Å². The molecule has 0 bridgehead atoms. The van der Waals surface area contributed by atoms with Crippen LogP contribution in [0.15, 0.2) is 0 Å². The summed E-state index contributed by atoms with van der Waals surface area (Å²) in [4.78, 5) is 32.8. The van der Waals surface area contributed by atoms with E-state index in [4.69, 9.17) is 10.2 Å². The van der Waals surface area contributed by atoms with Gasteiger partial charge < -0.3 is 15.5 Å². The summed E-state index contributed by atoms with van der Waals surface area (Å²) in [5, 5.41) is 20.2. The average Bonchev–Trinajstić information content (AvgIpc) is 2.61. The third kappa shape index (κ3) is 42.7. The maximum atomic E-state index is 11.7. The van der Waals surface area contributed by atoms with Crippen molar-refractivity contribution in [3.63, 3.8) is 0 Å². The molecular formula is C22H55NO5S6. The van der Waals surface area contributed by atoms with E-state index < -0.39 is 11.9 Å². The Balaban J connectivity index is -0.000000161. The largest absolute Gasteiger partial charge is 0.481 e. The maximum Gasteiger partial charge on any atom is 0.306 e. The van der Waals surface area contributed by atoms with Gasteiger partial charge in [0.15, 0.2) is 0 Å². The highest BCUT2D eigenvalue weighted by Gasteiger charge is 2.09. The molecule has 1 atom stereocenters. The lowest BCUT2D eigenvalue weighted by Crippen LogP contribution is -2.24. The van der Waals surface area contributed by atoms with Crippen molar-refractivity contribution in [3.8, 4) is 0 Å². The third-order valence-corrected chi connectivity index (χ3v) is 4.85. The van der Waals surface area contributed by atoms with Crippen LogP contribution in [-0.4, -0.2) is 34.6 Å². The van der Waals surface area contributed by atoms with E-state index in [0.29, 0.717) is 19.4 Å². The van der Waals surface area contributed by atoms with Crippen molar-refractivity contribution < 1.29 is 24.6 Å². The summed E-state index contributed by atoms with van der Waals surface area (Å²) in [6, 6.07) is 0. The zero-order chi connectivity index (χ0) is 20.3. The van der Waals surface area contributed by atoms with Gasteiger partial charge in [-0.3, -0.25) is 14.4 Å². The van der Waals surface area contributed by atoms with Gasteiger partial charge in [0, 0.05) is 19.4 Å². The van der Waals surface area contributed by atoms with Gasteiger partial charge in [0.1, 0.15) is 0 Å². The van der Waals surface area contributed by atoms with E-state index >= 15 is 0 Å². The molecule has 1 amide bonds. The Morgan fingerprint density at radius 3 is 1.38 bits per heavy atom. The van der Waals surface area contributed by atoms with E-state index in [2.05, 4.69) is 5.32 Å². The first-order valence-electron chi connectivity index (χ1n) is 10.6. The molecule has 0 aliphatic carbocycles. The van der Waals surface area contributed by atoms with Crippen LogP contribution >= 0.6 is 81.0 Å². The molecule has 0 fully saturated rings. The van der Waals surface area contributed by atoms with Gasteiger partial charge in [0.25, 0.3) is 0 Å². The number of carboxylic acid groups (broad SMARTS) is 2. The first-order chi connectivity index (χ1) is 12.9. The monoisotopic (exact) mass is 605 g/mol. The normalized spacial score (nSPS) is 9.44. The summed E-state index contributed by atoms with van der Waals surface area (Å²) in [6.07, 6.45) is 14.1. The molecule has 0 radical (unpaired) electrons. The van der Waals surface area contributed by atoms with E-state index in [0.717, 1.165) is 44.9 Å². The van der Waals surface area contributed by atoms with Crippen LogP contribution in [0, 0.1) is 5.92 Å². The smallest absolute Gasteiger partial charge is 0.306 e. The number of unbranched alkanes of at least 4 members (excludes halogenated alkanes) is 10. The molecule has 0 aromatic heterocycles. The number of nitrogens with one attached hydrogen (secondary N) is 1. The molecule has 0 saturated carbocycles. The molecule has 12 heteroatoms. The summed E-state index contributed by atoms with van der Waals surface area (Å²) in [5.41, 5.74) is 0. The minimum Gasteiger partial charge on any atom is -0.481 e. The van der Waals surface area contributed by atoms with E-state index in [-0.39, 0.29) is 107 Å². The number of amides is 1. The van der Waals surface area contributed by atoms with Gasteiger partial charge in [-0.1, -0.05) is 72.1 Å². The molecule has 0 aromatic carbocycles. The second kappa shape index (κ2) is 40.7. The Morgan fingerprint density at radius 1 is 0.618 bits per heavy atom. The second-order valence-electron chi connectivity index (χ2n) is 7.51. The van der Waals surface area contributed by atoms with Crippen LogP contribution in [0.1, 0.15) is 111 Å². The van der Waals surface area contributed by atoms with Crippen molar-refractivity contribution in [2.45, 2.75) is 111 Å². The summed E-state index contributed by atoms with van der Waals surface area (Å²) >= 11 is 0. The van der Waals surface area contributed by atoms with Gasteiger partial charge in [-0.15, -0.1) is 0 Å². The predicted molar refractivity (Wildman–Crippen MR) is 176 cm³/mol. The molecule has 6 nitrogen and oxygen atoms in total. The summed E-state index contributed by atoms with van der Waals surface area (Å²) in [6.45, 7) is 2.35. The van der Waals surface area contributed by atoms with E-state index in [1.54, 1.807) is 6.92 Å². The molecule has 0 aromatic rings. The van der Waals surface area contributed by atoms with Gasteiger partial charge >= 0.3 is 11.9 Å². The third-order valence-electron chi connectivity index (χ3n) is 4.85. The van der Waals surface area contributed by atoms with E-state index in [1.165, 1.54) is 32.1 Å². The minimum atomic E-state index is -0.755. The SMILES string of the molecule is C.C[C@@H](CCCCNC(=O)CCCCCCCCCCCCC(=O)O)C(=O)O.S.S.S.S.S.S. The summed E-state index contributed by atoms with van der Waals surface area (Å²) in [5.74, 6) is -1.66. The van der Waals surface area contributed by atoms with Crippen LogP contribution in [0.5, 0.6) is 0 Å². The molecule has 214 valence electrons. The van der Waals surface area contributed by atoms with E-state index in [9.17, 15) is 14.4 Å². The van der Waals surface area contributed by atoms with Gasteiger partial charge in [-0.25, -0.2) is 0 Å². The number of hydrogen-bond acceptors (Lipinski definition) is 3. The van der Waals surface area contributed by atoms with Crippen molar-refractivity contribution in [1.29, 1.82) is 0 Å². The molecule has 0 unspecified atom stereocenters. The fourth-order valence-electron chi connectivity index (χ4n) is 2.99. The molecule has 0 aliphatic rings. The van der Waals surface area contributed by atoms with Crippen LogP contribution in [0.4, 0.5) is 0 Å². The van der Waals surface area contributed by atoms with Gasteiger partial charge in [0.2, 0.25) is 5.91 Å². The number of rotatable bonds is 19. The van der Waals surface area contributed by atoms with Gasteiger partial charge in [-0.05, 0) is 25.7 Å². The lowest BCUT2D eigenvalue weighted by Gasteiger charge is -2.07.